The van der Waals surface area contributed by atoms with Crippen LogP contribution in [0.25, 0.3) is 0 Å². The Morgan fingerprint density at radius 3 is 2.43 bits per heavy atom. The molecule has 0 aromatic heterocycles. The monoisotopic (exact) mass is 290 g/mol. The molecule has 1 aliphatic heterocycles. The smallest absolute Gasteiger partial charge is 0.306 e. The standard InChI is InChI=1S/C16H22N2O3/c1-2-21-16(20)8-7-15(19)13-3-5-14(6-4-13)18-11-9-17-10-12-18/h3-6,17H,2,7-12H2,1H3. The summed E-state index contributed by atoms with van der Waals surface area (Å²) >= 11 is 0. The molecule has 0 amide bonds. The third-order valence-corrected chi connectivity index (χ3v) is 3.53. The Balaban J connectivity index is 1.88. The minimum atomic E-state index is -0.316. The van der Waals surface area contributed by atoms with Crippen molar-refractivity contribution in [3.8, 4) is 0 Å². The Bertz CT molecular complexity index is 479. The van der Waals surface area contributed by atoms with Gasteiger partial charge in [-0.25, -0.2) is 0 Å². The van der Waals surface area contributed by atoms with Gasteiger partial charge >= 0.3 is 5.97 Å². The lowest BCUT2D eigenvalue weighted by Crippen LogP contribution is -2.43. The van der Waals surface area contributed by atoms with Gasteiger partial charge in [-0.2, -0.15) is 0 Å². The molecule has 1 aromatic rings. The Morgan fingerprint density at radius 1 is 1.14 bits per heavy atom. The summed E-state index contributed by atoms with van der Waals surface area (Å²) in [4.78, 5) is 25.6. The van der Waals surface area contributed by atoms with Gasteiger partial charge in [0.25, 0.3) is 0 Å². The van der Waals surface area contributed by atoms with Gasteiger partial charge in [-0.15, -0.1) is 0 Å². The summed E-state index contributed by atoms with van der Waals surface area (Å²) in [6, 6.07) is 7.63. The summed E-state index contributed by atoms with van der Waals surface area (Å²) in [5.74, 6) is -0.335. The van der Waals surface area contributed by atoms with Gasteiger partial charge in [-0.1, -0.05) is 0 Å². The van der Waals surface area contributed by atoms with E-state index in [0.717, 1.165) is 31.9 Å². The van der Waals surface area contributed by atoms with E-state index in [1.165, 1.54) is 0 Å². The highest BCUT2D eigenvalue weighted by atomic mass is 16.5. The second-order valence-corrected chi connectivity index (χ2v) is 5.01. The number of nitrogens with zero attached hydrogens (tertiary/aromatic N) is 1. The molecule has 0 unspecified atom stereocenters. The van der Waals surface area contributed by atoms with E-state index in [-0.39, 0.29) is 24.6 Å². The fourth-order valence-electron chi connectivity index (χ4n) is 2.37. The Kier molecular flexibility index (Phi) is 5.75. The highest BCUT2D eigenvalue weighted by molar-refractivity contribution is 5.97. The van der Waals surface area contributed by atoms with E-state index >= 15 is 0 Å². The number of piperazine rings is 1. The molecule has 0 atom stereocenters. The van der Waals surface area contributed by atoms with Crippen LogP contribution in [0.1, 0.15) is 30.1 Å². The number of hydrogen-bond donors (Lipinski definition) is 1. The lowest BCUT2D eigenvalue weighted by atomic mass is 10.1. The zero-order chi connectivity index (χ0) is 15.1. The van der Waals surface area contributed by atoms with Crippen molar-refractivity contribution in [2.75, 3.05) is 37.7 Å². The van der Waals surface area contributed by atoms with Crippen LogP contribution in [-0.2, 0) is 9.53 Å². The van der Waals surface area contributed by atoms with Gasteiger partial charge < -0.3 is 15.0 Å². The van der Waals surface area contributed by atoms with Crippen molar-refractivity contribution in [3.05, 3.63) is 29.8 Å². The third kappa shape index (κ3) is 4.56. The molecule has 21 heavy (non-hydrogen) atoms. The molecule has 0 bridgehead atoms. The summed E-state index contributed by atoms with van der Waals surface area (Å²) in [6.07, 6.45) is 0.345. The van der Waals surface area contributed by atoms with E-state index in [0.29, 0.717) is 12.2 Å². The number of ether oxygens (including phenoxy) is 1. The zero-order valence-corrected chi connectivity index (χ0v) is 12.4. The molecule has 1 N–H and O–H groups in total. The molecular weight excluding hydrogens is 268 g/mol. The first-order chi connectivity index (χ1) is 10.2. The molecule has 1 fully saturated rings. The van der Waals surface area contributed by atoms with Gasteiger partial charge in [-0.05, 0) is 31.2 Å². The summed E-state index contributed by atoms with van der Waals surface area (Å²) < 4.78 is 4.82. The highest BCUT2D eigenvalue weighted by Crippen LogP contribution is 2.17. The maximum Gasteiger partial charge on any atom is 0.306 e. The van der Waals surface area contributed by atoms with Gasteiger partial charge in [0.15, 0.2) is 5.78 Å². The Hall–Kier alpha value is -1.88. The molecule has 0 aliphatic carbocycles. The topological polar surface area (TPSA) is 58.6 Å². The zero-order valence-electron chi connectivity index (χ0n) is 12.4. The van der Waals surface area contributed by atoms with Crippen LogP contribution >= 0.6 is 0 Å². The lowest BCUT2D eigenvalue weighted by molar-refractivity contribution is -0.143. The van der Waals surface area contributed by atoms with Crippen molar-refractivity contribution >= 4 is 17.4 Å². The van der Waals surface area contributed by atoms with Crippen molar-refractivity contribution in [3.63, 3.8) is 0 Å². The second kappa shape index (κ2) is 7.78. The number of anilines is 1. The van der Waals surface area contributed by atoms with E-state index in [9.17, 15) is 9.59 Å². The lowest BCUT2D eigenvalue weighted by Gasteiger charge is -2.29. The average Bonchev–Trinajstić information content (AvgIpc) is 2.54. The molecule has 5 heteroatoms. The molecule has 0 radical (unpaired) electrons. The van der Waals surface area contributed by atoms with E-state index in [1.54, 1.807) is 6.92 Å². The van der Waals surface area contributed by atoms with E-state index in [4.69, 9.17) is 4.74 Å². The van der Waals surface area contributed by atoms with E-state index in [2.05, 4.69) is 10.2 Å². The number of ketones is 1. The number of Topliss-reactive ketones (excluding diaryl/α,β-unsaturated/α-hetero) is 1. The van der Waals surface area contributed by atoms with Gasteiger partial charge in [0.05, 0.1) is 13.0 Å². The van der Waals surface area contributed by atoms with Crippen molar-refractivity contribution in [2.24, 2.45) is 0 Å². The fraction of sp³-hybridized carbons (Fsp3) is 0.500. The fourth-order valence-corrected chi connectivity index (χ4v) is 2.37. The number of carbonyl (C=O) groups is 2. The number of esters is 1. The molecule has 0 saturated carbocycles. The van der Waals surface area contributed by atoms with Crippen LogP contribution in [0.5, 0.6) is 0 Å². The maximum atomic E-state index is 12.0. The molecule has 1 aromatic carbocycles. The first kappa shape index (κ1) is 15.5. The van der Waals surface area contributed by atoms with Gasteiger partial charge in [0.2, 0.25) is 0 Å². The van der Waals surface area contributed by atoms with Crippen LogP contribution in [0.3, 0.4) is 0 Å². The number of carbonyl (C=O) groups excluding carboxylic acids is 2. The van der Waals surface area contributed by atoms with Crippen molar-refractivity contribution in [2.45, 2.75) is 19.8 Å². The van der Waals surface area contributed by atoms with Gasteiger partial charge in [0.1, 0.15) is 0 Å². The Morgan fingerprint density at radius 2 is 1.81 bits per heavy atom. The maximum absolute atomic E-state index is 12.0. The molecule has 114 valence electrons. The largest absolute Gasteiger partial charge is 0.466 e. The van der Waals surface area contributed by atoms with Crippen molar-refractivity contribution < 1.29 is 14.3 Å². The van der Waals surface area contributed by atoms with Crippen LogP contribution in [0.15, 0.2) is 24.3 Å². The predicted molar refractivity (Wildman–Crippen MR) is 81.7 cm³/mol. The summed E-state index contributed by atoms with van der Waals surface area (Å²) in [5.41, 5.74) is 1.79. The van der Waals surface area contributed by atoms with Gasteiger partial charge in [0, 0.05) is 43.9 Å². The normalized spacial score (nSPS) is 14.8. The molecule has 2 rings (SSSR count). The van der Waals surface area contributed by atoms with Crippen LogP contribution < -0.4 is 10.2 Å². The number of rotatable bonds is 6. The molecule has 1 heterocycles. The third-order valence-electron chi connectivity index (χ3n) is 3.53. The molecule has 1 saturated heterocycles. The first-order valence-corrected chi connectivity index (χ1v) is 7.45. The molecular formula is C16H22N2O3. The van der Waals surface area contributed by atoms with Crippen LogP contribution in [0.4, 0.5) is 5.69 Å². The SMILES string of the molecule is CCOC(=O)CCC(=O)c1ccc(N2CCNCC2)cc1. The predicted octanol–water partition coefficient (Wildman–Crippen LogP) is 1.62. The van der Waals surface area contributed by atoms with Crippen LogP contribution in [0.2, 0.25) is 0 Å². The molecule has 0 spiro atoms. The molecule has 1 aliphatic rings. The van der Waals surface area contributed by atoms with Gasteiger partial charge in [-0.3, -0.25) is 9.59 Å². The van der Waals surface area contributed by atoms with Crippen LogP contribution in [-0.4, -0.2) is 44.5 Å². The summed E-state index contributed by atoms with van der Waals surface area (Å²) in [6.45, 7) is 6.05. The number of hydrogen-bond acceptors (Lipinski definition) is 5. The van der Waals surface area contributed by atoms with Crippen molar-refractivity contribution in [1.29, 1.82) is 0 Å². The minimum Gasteiger partial charge on any atom is -0.466 e. The van der Waals surface area contributed by atoms with E-state index < -0.39 is 0 Å². The number of benzene rings is 1. The first-order valence-electron chi connectivity index (χ1n) is 7.45. The number of nitrogens with one attached hydrogen (secondary N) is 1. The average molecular weight is 290 g/mol. The second-order valence-electron chi connectivity index (χ2n) is 5.01. The van der Waals surface area contributed by atoms with Crippen LogP contribution in [0, 0.1) is 0 Å². The van der Waals surface area contributed by atoms with E-state index in [1.807, 2.05) is 24.3 Å². The summed E-state index contributed by atoms with van der Waals surface area (Å²) in [5, 5.41) is 3.31. The highest BCUT2D eigenvalue weighted by Gasteiger charge is 2.13. The quantitative estimate of drug-likeness (QED) is 0.637. The summed E-state index contributed by atoms with van der Waals surface area (Å²) in [7, 11) is 0. The molecule has 5 nitrogen and oxygen atoms in total. The minimum absolute atomic E-state index is 0.0186. The Labute approximate surface area is 125 Å². The van der Waals surface area contributed by atoms with Crippen molar-refractivity contribution in [1.82, 2.24) is 5.32 Å².